The van der Waals surface area contributed by atoms with Gasteiger partial charge in [0.05, 0.1) is 0 Å². The lowest BCUT2D eigenvalue weighted by molar-refractivity contribution is 0.102. The molecule has 1 heterocycles. The summed E-state index contributed by atoms with van der Waals surface area (Å²) < 4.78 is 0. The number of aryl methyl sites for hydroxylation is 1. The van der Waals surface area contributed by atoms with Crippen LogP contribution >= 0.6 is 11.3 Å². The Morgan fingerprint density at radius 2 is 2.26 bits per heavy atom. The Bertz CT molecular complexity index is 567. The summed E-state index contributed by atoms with van der Waals surface area (Å²) in [6, 6.07) is 6.83. The average Bonchev–Trinajstić information content (AvgIpc) is 2.84. The number of nitrogens with zero attached hydrogens (tertiary/aromatic N) is 2. The van der Waals surface area contributed by atoms with Gasteiger partial charge in [-0.3, -0.25) is 10.1 Å². The van der Waals surface area contributed by atoms with E-state index in [0.717, 1.165) is 24.3 Å². The maximum atomic E-state index is 12.0. The maximum Gasteiger partial charge on any atom is 0.257 e. The fourth-order valence-electron chi connectivity index (χ4n) is 1.58. The Kier molecular flexibility index (Phi) is 4.46. The normalized spacial score (nSPS) is 10.4. The van der Waals surface area contributed by atoms with Crippen LogP contribution in [0.15, 0.2) is 24.3 Å². The van der Waals surface area contributed by atoms with E-state index in [2.05, 4.69) is 22.4 Å². The van der Waals surface area contributed by atoms with Crippen molar-refractivity contribution >= 4 is 28.1 Å². The van der Waals surface area contributed by atoms with E-state index in [9.17, 15) is 4.79 Å². The fraction of sp³-hybridized carbons (Fsp3) is 0.308. The Hall–Kier alpha value is -1.95. The van der Waals surface area contributed by atoms with Gasteiger partial charge in [-0.05, 0) is 24.6 Å². The van der Waals surface area contributed by atoms with E-state index < -0.39 is 0 Å². The predicted molar refractivity (Wildman–Crippen MR) is 77.3 cm³/mol. The SMILES string of the molecule is CCCCc1nnc(NC(=O)c2cccc(N)c2)s1. The van der Waals surface area contributed by atoms with Crippen molar-refractivity contribution < 1.29 is 4.79 Å². The number of hydrogen-bond acceptors (Lipinski definition) is 5. The Morgan fingerprint density at radius 1 is 1.42 bits per heavy atom. The zero-order valence-corrected chi connectivity index (χ0v) is 11.5. The van der Waals surface area contributed by atoms with Gasteiger partial charge in [-0.2, -0.15) is 0 Å². The summed E-state index contributed by atoms with van der Waals surface area (Å²) in [6.07, 6.45) is 3.10. The van der Waals surface area contributed by atoms with Gasteiger partial charge < -0.3 is 5.73 Å². The van der Waals surface area contributed by atoms with Gasteiger partial charge in [-0.25, -0.2) is 0 Å². The lowest BCUT2D eigenvalue weighted by Gasteiger charge is -2.01. The number of amides is 1. The van der Waals surface area contributed by atoms with Crippen molar-refractivity contribution in [2.45, 2.75) is 26.2 Å². The number of nitrogen functional groups attached to an aromatic ring is 1. The van der Waals surface area contributed by atoms with Crippen molar-refractivity contribution in [1.82, 2.24) is 10.2 Å². The maximum absolute atomic E-state index is 12.0. The van der Waals surface area contributed by atoms with E-state index in [0.29, 0.717) is 16.4 Å². The minimum absolute atomic E-state index is 0.217. The van der Waals surface area contributed by atoms with Crippen molar-refractivity contribution in [3.8, 4) is 0 Å². The fourth-order valence-corrected chi connectivity index (χ4v) is 2.36. The van der Waals surface area contributed by atoms with E-state index >= 15 is 0 Å². The molecule has 0 fully saturated rings. The number of anilines is 2. The average molecular weight is 276 g/mol. The zero-order valence-electron chi connectivity index (χ0n) is 10.7. The smallest absolute Gasteiger partial charge is 0.257 e. The highest BCUT2D eigenvalue weighted by Crippen LogP contribution is 2.18. The number of benzene rings is 1. The standard InChI is InChI=1S/C13H16N4OS/c1-2-3-7-11-16-17-13(19-11)15-12(18)9-5-4-6-10(14)8-9/h4-6,8H,2-3,7,14H2,1H3,(H,15,17,18). The number of nitrogens with two attached hydrogens (primary N) is 1. The van der Waals surface area contributed by atoms with Crippen molar-refractivity contribution in [2.75, 3.05) is 11.1 Å². The number of hydrogen-bond donors (Lipinski definition) is 2. The second-order valence-corrected chi connectivity index (χ2v) is 5.25. The summed E-state index contributed by atoms with van der Waals surface area (Å²) in [5.74, 6) is -0.217. The van der Waals surface area contributed by atoms with E-state index in [1.54, 1.807) is 24.3 Å². The third-order valence-electron chi connectivity index (χ3n) is 2.58. The minimum Gasteiger partial charge on any atom is -0.399 e. The van der Waals surface area contributed by atoms with Crippen LogP contribution in [0.1, 0.15) is 35.1 Å². The third kappa shape index (κ3) is 3.75. The molecule has 0 atom stereocenters. The number of carbonyl (C=O) groups excluding carboxylic acids is 1. The molecule has 1 aromatic heterocycles. The molecule has 0 spiro atoms. The van der Waals surface area contributed by atoms with E-state index in [1.165, 1.54) is 11.3 Å². The lowest BCUT2D eigenvalue weighted by Crippen LogP contribution is -2.11. The Labute approximate surface area is 115 Å². The highest BCUT2D eigenvalue weighted by Gasteiger charge is 2.10. The summed E-state index contributed by atoms with van der Waals surface area (Å²) in [6.45, 7) is 2.13. The number of carbonyl (C=O) groups is 1. The minimum atomic E-state index is -0.217. The molecule has 19 heavy (non-hydrogen) atoms. The van der Waals surface area contributed by atoms with Crippen LogP contribution in [0.25, 0.3) is 0 Å². The summed E-state index contributed by atoms with van der Waals surface area (Å²) in [4.78, 5) is 12.0. The molecule has 0 unspecified atom stereocenters. The van der Waals surface area contributed by atoms with Gasteiger partial charge in [0.25, 0.3) is 5.91 Å². The Morgan fingerprint density at radius 3 is 3.00 bits per heavy atom. The molecule has 0 saturated carbocycles. The second-order valence-electron chi connectivity index (χ2n) is 4.18. The van der Waals surface area contributed by atoms with E-state index in [4.69, 9.17) is 5.73 Å². The largest absolute Gasteiger partial charge is 0.399 e. The van der Waals surface area contributed by atoms with Crippen molar-refractivity contribution in [1.29, 1.82) is 0 Å². The molecule has 2 aromatic rings. The van der Waals surface area contributed by atoms with Crippen LogP contribution in [0.5, 0.6) is 0 Å². The molecule has 1 amide bonds. The van der Waals surface area contributed by atoms with Crippen LogP contribution in [0.3, 0.4) is 0 Å². The second kappa shape index (κ2) is 6.29. The number of unbranched alkanes of at least 4 members (excludes halogenated alkanes) is 1. The van der Waals surface area contributed by atoms with Gasteiger partial charge in [0.15, 0.2) is 0 Å². The zero-order chi connectivity index (χ0) is 13.7. The number of aromatic nitrogens is 2. The highest BCUT2D eigenvalue weighted by atomic mass is 32.1. The number of rotatable bonds is 5. The molecule has 0 saturated heterocycles. The molecule has 100 valence electrons. The van der Waals surface area contributed by atoms with Gasteiger partial charge in [0, 0.05) is 17.7 Å². The molecule has 5 nitrogen and oxygen atoms in total. The van der Waals surface area contributed by atoms with Crippen LogP contribution in [-0.2, 0) is 6.42 Å². The van der Waals surface area contributed by atoms with Crippen LogP contribution in [0, 0.1) is 0 Å². The highest BCUT2D eigenvalue weighted by molar-refractivity contribution is 7.15. The summed E-state index contributed by atoms with van der Waals surface area (Å²) in [5.41, 5.74) is 6.73. The van der Waals surface area contributed by atoms with Gasteiger partial charge in [-0.1, -0.05) is 30.7 Å². The molecule has 2 rings (SSSR count). The molecular formula is C13H16N4OS. The first-order valence-electron chi connectivity index (χ1n) is 6.18. The van der Waals surface area contributed by atoms with Gasteiger partial charge in [0.2, 0.25) is 5.13 Å². The molecule has 0 aliphatic rings. The van der Waals surface area contributed by atoms with E-state index in [-0.39, 0.29) is 5.91 Å². The van der Waals surface area contributed by atoms with Crippen molar-refractivity contribution in [3.05, 3.63) is 34.8 Å². The number of nitrogens with one attached hydrogen (secondary N) is 1. The molecule has 0 bridgehead atoms. The summed E-state index contributed by atoms with van der Waals surface area (Å²) in [7, 11) is 0. The van der Waals surface area contributed by atoms with E-state index in [1.807, 2.05) is 0 Å². The quantitative estimate of drug-likeness (QED) is 0.823. The first-order valence-corrected chi connectivity index (χ1v) is 7.00. The van der Waals surface area contributed by atoms with Gasteiger partial charge >= 0.3 is 0 Å². The molecule has 6 heteroatoms. The lowest BCUT2D eigenvalue weighted by atomic mass is 10.2. The van der Waals surface area contributed by atoms with Crippen LogP contribution in [0.2, 0.25) is 0 Å². The summed E-state index contributed by atoms with van der Waals surface area (Å²) in [5, 5.41) is 12.2. The van der Waals surface area contributed by atoms with Crippen LogP contribution < -0.4 is 11.1 Å². The first kappa shape index (κ1) is 13.5. The molecule has 0 radical (unpaired) electrons. The molecule has 0 aliphatic carbocycles. The van der Waals surface area contributed by atoms with Crippen LogP contribution in [-0.4, -0.2) is 16.1 Å². The molecule has 1 aromatic carbocycles. The topological polar surface area (TPSA) is 80.9 Å². The first-order chi connectivity index (χ1) is 9.19. The third-order valence-corrected chi connectivity index (χ3v) is 3.48. The molecule has 0 aliphatic heterocycles. The summed E-state index contributed by atoms with van der Waals surface area (Å²) >= 11 is 1.41. The molecule has 3 N–H and O–H groups in total. The predicted octanol–water partition coefficient (Wildman–Crippen LogP) is 2.72. The van der Waals surface area contributed by atoms with Gasteiger partial charge in [0.1, 0.15) is 5.01 Å². The van der Waals surface area contributed by atoms with Crippen LogP contribution in [0.4, 0.5) is 10.8 Å². The molecular weight excluding hydrogens is 260 g/mol. The Balaban J connectivity index is 2.00. The monoisotopic (exact) mass is 276 g/mol. The van der Waals surface area contributed by atoms with Crippen molar-refractivity contribution in [2.24, 2.45) is 0 Å². The van der Waals surface area contributed by atoms with Gasteiger partial charge in [-0.15, -0.1) is 10.2 Å². The van der Waals surface area contributed by atoms with Crippen molar-refractivity contribution in [3.63, 3.8) is 0 Å².